The van der Waals surface area contributed by atoms with Crippen LogP contribution < -0.4 is 5.32 Å². The van der Waals surface area contributed by atoms with Crippen LogP contribution in [0.1, 0.15) is 32.1 Å². The number of aromatic nitrogens is 2. The molecule has 1 aromatic carbocycles. The van der Waals surface area contributed by atoms with Crippen molar-refractivity contribution in [3.63, 3.8) is 0 Å². The Bertz CT molecular complexity index is 705. The van der Waals surface area contributed by atoms with E-state index in [2.05, 4.69) is 10.4 Å². The van der Waals surface area contributed by atoms with Crippen molar-refractivity contribution in [1.29, 1.82) is 0 Å². The number of para-hydroxylation sites is 1. The molecule has 1 N–H and O–H groups in total. The molecule has 1 saturated carbocycles. The largest absolute Gasteiger partial charge is 0.353 e. The number of nitrogens with zero attached hydrogens (tertiary/aromatic N) is 2. The van der Waals surface area contributed by atoms with Gasteiger partial charge in [-0.05, 0) is 37.2 Å². The number of hydrogen-bond acceptors (Lipinski definition) is 5. The van der Waals surface area contributed by atoms with Crippen LogP contribution in [0.3, 0.4) is 0 Å². The zero-order chi connectivity index (χ0) is 16.1. The van der Waals surface area contributed by atoms with E-state index >= 15 is 0 Å². The van der Waals surface area contributed by atoms with Crippen molar-refractivity contribution in [3.05, 3.63) is 34.3 Å². The first-order valence-corrected chi connectivity index (χ1v) is 10.0. The summed E-state index contributed by atoms with van der Waals surface area (Å²) in [5.41, 5.74) is 0.951. The lowest BCUT2D eigenvalue weighted by Gasteiger charge is -2.22. The number of amides is 1. The zero-order valence-corrected chi connectivity index (χ0v) is 15.2. The van der Waals surface area contributed by atoms with E-state index in [-0.39, 0.29) is 5.91 Å². The predicted octanol–water partition coefficient (Wildman–Crippen LogP) is 4.20. The highest BCUT2D eigenvalue weighted by Gasteiger charge is 2.16. The summed E-state index contributed by atoms with van der Waals surface area (Å²) in [6.07, 6.45) is 5.96. The van der Waals surface area contributed by atoms with Crippen molar-refractivity contribution in [1.82, 2.24) is 15.1 Å². The molecule has 1 aliphatic rings. The Labute approximate surface area is 149 Å². The predicted molar refractivity (Wildman–Crippen MR) is 98.0 cm³/mol. The van der Waals surface area contributed by atoms with Crippen LogP contribution in [-0.2, 0) is 4.79 Å². The first kappa shape index (κ1) is 16.7. The van der Waals surface area contributed by atoms with Crippen LogP contribution in [0.2, 0.25) is 0 Å². The molecule has 3 rings (SSSR count). The fourth-order valence-corrected chi connectivity index (χ4v) is 4.87. The van der Waals surface area contributed by atoms with Gasteiger partial charge in [0.05, 0.1) is 11.4 Å². The average molecular weight is 366 g/mol. The Kier molecular flexibility index (Phi) is 5.85. The highest BCUT2D eigenvalue weighted by atomic mass is 32.2. The van der Waals surface area contributed by atoms with Gasteiger partial charge in [0.1, 0.15) is 0 Å². The molecule has 4 nitrogen and oxygen atoms in total. The highest BCUT2D eigenvalue weighted by molar-refractivity contribution is 8.01. The van der Waals surface area contributed by atoms with Crippen LogP contribution in [-0.4, -0.2) is 27.5 Å². The van der Waals surface area contributed by atoms with E-state index in [1.165, 1.54) is 42.4 Å². The van der Waals surface area contributed by atoms with Crippen LogP contribution in [0.5, 0.6) is 0 Å². The maximum atomic E-state index is 12.1. The van der Waals surface area contributed by atoms with Gasteiger partial charge in [0.25, 0.3) is 0 Å². The number of carbonyl (C=O) groups excluding carboxylic acids is 1. The minimum atomic E-state index is 0.0919. The van der Waals surface area contributed by atoms with Crippen LogP contribution in [0, 0.1) is 3.95 Å². The minimum absolute atomic E-state index is 0.0919. The standard InChI is InChI=1S/C16H19N3OS3/c20-14(17-12-7-3-1-4-8-12)11-22-15-18-19(16(21)23-15)13-9-5-2-6-10-13/h2,5-6,9-10,12H,1,3-4,7-8,11H2,(H,17,20). The van der Waals surface area contributed by atoms with Gasteiger partial charge in [-0.15, -0.1) is 5.10 Å². The molecule has 1 heterocycles. The third-order valence-corrected chi connectivity index (χ3v) is 6.19. The molecule has 1 aromatic heterocycles. The van der Waals surface area contributed by atoms with Crippen LogP contribution in [0.25, 0.3) is 5.69 Å². The van der Waals surface area contributed by atoms with Gasteiger partial charge < -0.3 is 5.32 Å². The molecule has 0 aliphatic heterocycles. The van der Waals surface area contributed by atoms with Gasteiger partial charge in [-0.25, -0.2) is 4.68 Å². The molecule has 7 heteroatoms. The maximum Gasteiger partial charge on any atom is 0.230 e. The van der Waals surface area contributed by atoms with Gasteiger partial charge in [0.2, 0.25) is 5.91 Å². The second-order valence-electron chi connectivity index (χ2n) is 5.57. The van der Waals surface area contributed by atoms with Gasteiger partial charge in [0.15, 0.2) is 8.29 Å². The number of nitrogens with one attached hydrogen (secondary N) is 1. The van der Waals surface area contributed by atoms with Crippen molar-refractivity contribution < 1.29 is 4.79 Å². The highest BCUT2D eigenvalue weighted by Crippen LogP contribution is 2.24. The fraction of sp³-hybridized carbons (Fsp3) is 0.438. The summed E-state index contributed by atoms with van der Waals surface area (Å²) in [5.74, 6) is 0.488. The molecule has 0 spiro atoms. The quantitative estimate of drug-likeness (QED) is 0.637. The van der Waals surface area contributed by atoms with Gasteiger partial charge in [-0.2, -0.15) is 0 Å². The van der Waals surface area contributed by atoms with Crippen molar-refractivity contribution in [3.8, 4) is 5.69 Å². The van der Waals surface area contributed by atoms with E-state index in [0.717, 1.165) is 22.9 Å². The van der Waals surface area contributed by atoms with Crippen molar-refractivity contribution in [2.45, 2.75) is 42.5 Å². The van der Waals surface area contributed by atoms with Crippen molar-refractivity contribution in [2.75, 3.05) is 5.75 Å². The molecular formula is C16H19N3OS3. The molecule has 1 amide bonds. The monoisotopic (exact) mass is 365 g/mol. The van der Waals surface area contributed by atoms with Crippen LogP contribution >= 0.6 is 35.3 Å². The molecule has 0 atom stereocenters. The summed E-state index contributed by atoms with van der Waals surface area (Å²) in [6.45, 7) is 0. The van der Waals surface area contributed by atoms with Crippen LogP contribution in [0.4, 0.5) is 0 Å². The topological polar surface area (TPSA) is 46.9 Å². The number of rotatable bonds is 5. The first-order valence-electron chi connectivity index (χ1n) is 7.80. The molecule has 23 heavy (non-hydrogen) atoms. The number of carbonyl (C=O) groups is 1. The molecule has 0 bridgehead atoms. The third kappa shape index (κ3) is 4.65. The smallest absolute Gasteiger partial charge is 0.230 e. The van der Waals surface area contributed by atoms with E-state index in [1.807, 2.05) is 30.3 Å². The lowest BCUT2D eigenvalue weighted by Crippen LogP contribution is -2.37. The zero-order valence-electron chi connectivity index (χ0n) is 12.7. The Morgan fingerprint density at radius 3 is 2.78 bits per heavy atom. The lowest BCUT2D eigenvalue weighted by molar-refractivity contribution is -0.119. The number of benzene rings is 1. The lowest BCUT2D eigenvalue weighted by atomic mass is 9.95. The molecule has 122 valence electrons. The first-order chi connectivity index (χ1) is 11.2. The minimum Gasteiger partial charge on any atom is -0.353 e. The Hall–Kier alpha value is -1.18. The van der Waals surface area contributed by atoms with Crippen molar-refractivity contribution >= 4 is 41.2 Å². The fourth-order valence-electron chi connectivity index (χ4n) is 2.70. The summed E-state index contributed by atoms with van der Waals surface area (Å²) < 4.78 is 3.28. The van der Waals surface area contributed by atoms with Crippen LogP contribution in [0.15, 0.2) is 34.7 Å². The summed E-state index contributed by atoms with van der Waals surface area (Å²) in [5, 5.41) is 7.64. The van der Waals surface area contributed by atoms with Gasteiger partial charge >= 0.3 is 0 Å². The van der Waals surface area contributed by atoms with Gasteiger partial charge in [-0.3, -0.25) is 4.79 Å². The Balaban J connectivity index is 1.56. The molecule has 1 fully saturated rings. The maximum absolute atomic E-state index is 12.1. The van der Waals surface area contributed by atoms with Gasteiger partial charge in [-0.1, -0.05) is 60.6 Å². The average Bonchev–Trinajstić information content (AvgIpc) is 2.96. The second-order valence-corrected chi connectivity index (χ2v) is 8.42. The van der Waals surface area contributed by atoms with E-state index in [1.54, 1.807) is 4.68 Å². The molecule has 1 aliphatic carbocycles. The Morgan fingerprint density at radius 2 is 2.04 bits per heavy atom. The normalized spacial score (nSPS) is 15.5. The second kappa shape index (κ2) is 8.08. The van der Waals surface area contributed by atoms with Crippen molar-refractivity contribution in [2.24, 2.45) is 0 Å². The SMILES string of the molecule is O=C(CSc1nn(-c2ccccc2)c(=S)s1)NC1CCCCC1. The van der Waals surface area contributed by atoms with Gasteiger partial charge in [0, 0.05) is 6.04 Å². The summed E-state index contributed by atoms with van der Waals surface area (Å²) in [6, 6.07) is 10.2. The summed E-state index contributed by atoms with van der Waals surface area (Å²) in [4.78, 5) is 12.1. The summed E-state index contributed by atoms with van der Waals surface area (Å²) >= 11 is 8.27. The molecule has 2 aromatic rings. The molecule has 0 unspecified atom stereocenters. The van der Waals surface area contributed by atoms with E-state index in [4.69, 9.17) is 12.2 Å². The number of hydrogen-bond donors (Lipinski definition) is 1. The molecular weight excluding hydrogens is 346 g/mol. The molecule has 0 saturated heterocycles. The van der Waals surface area contributed by atoms with E-state index in [0.29, 0.717) is 15.7 Å². The Morgan fingerprint density at radius 1 is 1.30 bits per heavy atom. The molecule has 0 radical (unpaired) electrons. The third-order valence-electron chi connectivity index (χ3n) is 3.83. The number of thioether (sulfide) groups is 1. The van der Waals surface area contributed by atoms with E-state index < -0.39 is 0 Å². The van der Waals surface area contributed by atoms with E-state index in [9.17, 15) is 4.79 Å². The summed E-state index contributed by atoms with van der Waals surface area (Å²) in [7, 11) is 0.